The number of fused-ring (bicyclic) bond motifs is 1. The summed E-state index contributed by atoms with van der Waals surface area (Å²) in [5.41, 5.74) is 2.06. The van der Waals surface area contributed by atoms with Crippen LogP contribution >= 0.6 is 0 Å². The molecule has 0 saturated heterocycles. The summed E-state index contributed by atoms with van der Waals surface area (Å²) in [6.07, 6.45) is 6.51. The maximum absolute atomic E-state index is 13.3. The van der Waals surface area contributed by atoms with Gasteiger partial charge in [0.1, 0.15) is 11.5 Å². The molecule has 3 heteroatoms. The lowest BCUT2D eigenvalue weighted by molar-refractivity contribution is 0.417. The second-order valence-electron chi connectivity index (χ2n) is 4.92. The van der Waals surface area contributed by atoms with Crippen LogP contribution in [0.3, 0.4) is 0 Å². The third-order valence-electron chi connectivity index (χ3n) is 3.73. The Labute approximate surface area is 101 Å². The summed E-state index contributed by atoms with van der Waals surface area (Å²) in [5, 5.41) is 0.919. The molecule has 1 N–H and O–H groups in total. The molecule has 92 valence electrons. The molecule has 0 saturated carbocycles. The van der Waals surface area contributed by atoms with Gasteiger partial charge in [-0.15, -0.1) is 0 Å². The Balaban J connectivity index is 2.57. The molecule has 17 heavy (non-hydrogen) atoms. The summed E-state index contributed by atoms with van der Waals surface area (Å²) in [5.74, 6) is -0.270. The molecule has 0 aromatic carbocycles. The molecule has 0 fully saturated rings. The standard InChI is InChI=1S/C14H19FN2/c1-4-6-14(3,5-2)12-9-17-13-11(12)7-10(15)8-16-13/h7-9H,4-6H2,1-3H3,(H,16,17). The van der Waals surface area contributed by atoms with Crippen molar-refractivity contribution in [3.8, 4) is 0 Å². The Morgan fingerprint density at radius 2 is 2.18 bits per heavy atom. The van der Waals surface area contributed by atoms with Crippen LogP contribution in [0.1, 0.15) is 45.6 Å². The van der Waals surface area contributed by atoms with Crippen molar-refractivity contribution in [2.45, 2.75) is 45.4 Å². The van der Waals surface area contributed by atoms with Gasteiger partial charge in [-0.05, 0) is 29.9 Å². The van der Waals surface area contributed by atoms with Crippen molar-refractivity contribution >= 4 is 11.0 Å². The molecule has 2 heterocycles. The van der Waals surface area contributed by atoms with Gasteiger partial charge in [-0.3, -0.25) is 0 Å². The second kappa shape index (κ2) is 4.47. The fourth-order valence-electron chi connectivity index (χ4n) is 2.53. The molecule has 2 nitrogen and oxygen atoms in total. The van der Waals surface area contributed by atoms with Crippen molar-refractivity contribution in [1.29, 1.82) is 0 Å². The molecular weight excluding hydrogens is 215 g/mol. The zero-order chi connectivity index (χ0) is 12.5. The SMILES string of the molecule is CCCC(C)(CC)c1c[nH]c2ncc(F)cc12. The Hall–Kier alpha value is -1.38. The van der Waals surface area contributed by atoms with Gasteiger partial charge >= 0.3 is 0 Å². The van der Waals surface area contributed by atoms with Gasteiger partial charge in [-0.25, -0.2) is 9.37 Å². The Morgan fingerprint density at radius 1 is 1.41 bits per heavy atom. The molecule has 0 aliphatic heterocycles. The number of halogens is 1. The van der Waals surface area contributed by atoms with Gasteiger partial charge in [-0.2, -0.15) is 0 Å². The number of nitrogens with one attached hydrogen (secondary N) is 1. The summed E-state index contributed by atoms with van der Waals surface area (Å²) in [6, 6.07) is 1.58. The molecule has 2 aromatic heterocycles. The first-order chi connectivity index (χ1) is 8.10. The Kier molecular flexibility index (Phi) is 3.18. The number of rotatable bonds is 4. The normalized spacial score (nSPS) is 15.1. The molecule has 0 aliphatic rings. The number of aromatic nitrogens is 2. The summed E-state index contributed by atoms with van der Waals surface area (Å²) in [4.78, 5) is 7.21. The van der Waals surface area contributed by atoms with E-state index < -0.39 is 0 Å². The first kappa shape index (κ1) is 12.1. The zero-order valence-electron chi connectivity index (χ0n) is 10.7. The van der Waals surface area contributed by atoms with Crippen LogP contribution in [0.25, 0.3) is 11.0 Å². The molecule has 0 amide bonds. The summed E-state index contributed by atoms with van der Waals surface area (Å²) >= 11 is 0. The molecule has 0 bridgehead atoms. The minimum absolute atomic E-state index is 0.0997. The van der Waals surface area contributed by atoms with E-state index in [0.717, 1.165) is 30.3 Å². The van der Waals surface area contributed by atoms with Gasteiger partial charge < -0.3 is 4.98 Å². The van der Waals surface area contributed by atoms with Crippen LogP contribution in [0, 0.1) is 5.82 Å². The fraction of sp³-hybridized carbons (Fsp3) is 0.500. The predicted octanol–water partition coefficient (Wildman–Crippen LogP) is 4.17. The van der Waals surface area contributed by atoms with Crippen LogP contribution in [-0.2, 0) is 5.41 Å². The average molecular weight is 234 g/mol. The summed E-state index contributed by atoms with van der Waals surface area (Å²) < 4.78 is 13.3. The second-order valence-corrected chi connectivity index (χ2v) is 4.92. The van der Waals surface area contributed by atoms with E-state index in [2.05, 4.69) is 30.7 Å². The first-order valence-corrected chi connectivity index (χ1v) is 6.24. The average Bonchev–Trinajstić information content (AvgIpc) is 2.72. The highest BCUT2D eigenvalue weighted by molar-refractivity contribution is 5.80. The van der Waals surface area contributed by atoms with Gasteiger partial charge in [0.05, 0.1) is 6.20 Å². The molecule has 2 rings (SSSR count). The van der Waals surface area contributed by atoms with Gasteiger partial charge in [0.2, 0.25) is 0 Å². The summed E-state index contributed by atoms with van der Waals surface area (Å²) in [7, 11) is 0. The van der Waals surface area contributed by atoms with Gasteiger partial charge in [0.15, 0.2) is 0 Å². The van der Waals surface area contributed by atoms with Crippen LogP contribution in [-0.4, -0.2) is 9.97 Å². The van der Waals surface area contributed by atoms with E-state index in [1.807, 2.05) is 6.20 Å². The van der Waals surface area contributed by atoms with Gasteiger partial charge in [0, 0.05) is 11.6 Å². The predicted molar refractivity (Wildman–Crippen MR) is 68.6 cm³/mol. The highest BCUT2D eigenvalue weighted by Gasteiger charge is 2.26. The number of aromatic amines is 1. The highest BCUT2D eigenvalue weighted by atomic mass is 19.1. The first-order valence-electron chi connectivity index (χ1n) is 6.24. The van der Waals surface area contributed by atoms with E-state index in [4.69, 9.17) is 0 Å². The quantitative estimate of drug-likeness (QED) is 0.845. The van der Waals surface area contributed by atoms with E-state index in [-0.39, 0.29) is 11.2 Å². The van der Waals surface area contributed by atoms with E-state index in [1.54, 1.807) is 6.07 Å². The van der Waals surface area contributed by atoms with E-state index >= 15 is 0 Å². The smallest absolute Gasteiger partial charge is 0.142 e. The number of nitrogens with zero attached hydrogens (tertiary/aromatic N) is 1. The van der Waals surface area contributed by atoms with Gasteiger partial charge in [0.25, 0.3) is 0 Å². The molecule has 0 aliphatic carbocycles. The van der Waals surface area contributed by atoms with Crippen molar-refractivity contribution in [2.75, 3.05) is 0 Å². The summed E-state index contributed by atoms with van der Waals surface area (Å²) in [6.45, 7) is 6.60. The highest BCUT2D eigenvalue weighted by Crippen LogP contribution is 2.36. The largest absolute Gasteiger partial charge is 0.346 e. The monoisotopic (exact) mass is 234 g/mol. The fourth-order valence-corrected chi connectivity index (χ4v) is 2.53. The minimum Gasteiger partial charge on any atom is -0.346 e. The third-order valence-corrected chi connectivity index (χ3v) is 3.73. The lowest BCUT2D eigenvalue weighted by atomic mass is 9.76. The molecule has 0 radical (unpaired) electrons. The number of H-pyrrole nitrogens is 1. The lowest BCUT2D eigenvalue weighted by Gasteiger charge is -2.27. The van der Waals surface area contributed by atoms with E-state index in [0.29, 0.717) is 0 Å². The zero-order valence-corrected chi connectivity index (χ0v) is 10.7. The van der Waals surface area contributed by atoms with E-state index in [9.17, 15) is 4.39 Å². The maximum atomic E-state index is 13.3. The van der Waals surface area contributed by atoms with E-state index in [1.165, 1.54) is 11.8 Å². The minimum atomic E-state index is -0.270. The molecule has 1 atom stereocenters. The van der Waals surface area contributed by atoms with Crippen molar-refractivity contribution < 1.29 is 4.39 Å². The molecule has 2 aromatic rings. The van der Waals surface area contributed by atoms with Crippen molar-refractivity contribution in [1.82, 2.24) is 9.97 Å². The maximum Gasteiger partial charge on any atom is 0.142 e. The van der Waals surface area contributed by atoms with Crippen LogP contribution in [0.15, 0.2) is 18.5 Å². The van der Waals surface area contributed by atoms with Crippen LogP contribution < -0.4 is 0 Å². The van der Waals surface area contributed by atoms with Crippen LogP contribution in [0.5, 0.6) is 0 Å². The van der Waals surface area contributed by atoms with Crippen LogP contribution in [0.4, 0.5) is 4.39 Å². The number of hydrogen-bond donors (Lipinski definition) is 1. The Bertz CT molecular complexity index is 518. The Morgan fingerprint density at radius 3 is 2.82 bits per heavy atom. The number of pyridine rings is 1. The van der Waals surface area contributed by atoms with Crippen molar-refractivity contribution in [3.63, 3.8) is 0 Å². The van der Waals surface area contributed by atoms with Crippen LogP contribution in [0.2, 0.25) is 0 Å². The van der Waals surface area contributed by atoms with Crippen molar-refractivity contribution in [3.05, 3.63) is 29.8 Å². The molecular formula is C14H19FN2. The molecule has 1 unspecified atom stereocenters. The number of hydrogen-bond acceptors (Lipinski definition) is 1. The lowest BCUT2D eigenvalue weighted by Crippen LogP contribution is -2.20. The third kappa shape index (κ3) is 2.06. The van der Waals surface area contributed by atoms with Crippen molar-refractivity contribution in [2.24, 2.45) is 0 Å². The topological polar surface area (TPSA) is 28.7 Å². The molecule has 0 spiro atoms. The van der Waals surface area contributed by atoms with Gasteiger partial charge in [-0.1, -0.05) is 27.2 Å².